The molecule has 6 heteroatoms. The molecule has 2 saturated carbocycles. The van der Waals surface area contributed by atoms with E-state index in [2.05, 4.69) is 14.7 Å². The number of aromatic nitrogens is 3. The van der Waals surface area contributed by atoms with Crippen molar-refractivity contribution in [3.05, 3.63) is 35.7 Å². The molecule has 2 aromatic heterocycles. The summed E-state index contributed by atoms with van der Waals surface area (Å²) in [4.78, 5) is 18.7. The average Bonchev–Trinajstić information content (AvgIpc) is 3.01. The Labute approximate surface area is 129 Å². The minimum absolute atomic E-state index is 0.00638. The van der Waals surface area contributed by atoms with E-state index in [1.807, 2.05) is 18.3 Å². The smallest absolute Gasteiger partial charge is 0.270 e. The van der Waals surface area contributed by atoms with Crippen molar-refractivity contribution in [1.29, 1.82) is 0 Å². The quantitative estimate of drug-likeness (QED) is 0.851. The second-order valence-electron chi connectivity index (χ2n) is 6.37. The highest BCUT2D eigenvalue weighted by Gasteiger charge is 2.29. The largest absolute Gasteiger partial charge is 0.340 e. The Bertz CT molecular complexity index is 682. The Kier molecular flexibility index (Phi) is 3.24. The Morgan fingerprint density at radius 3 is 2.91 bits per heavy atom. The lowest BCUT2D eigenvalue weighted by molar-refractivity contribution is 0.0769. The van der Waals surface area contributed by atoms with Gasteiger partial charge in [0, 0.05) is 25.2 Å². The summed E-state index contributed by atoms with van der Waals surface area (Å²) in [5, 5.41) is 4.01. The number of hydrogen-bond acceptors (Lipinski definition) is 4. The molecular weight excluding hydrogens is 280 g/mol. The van der Waals surface area contributed by atoms with Crippen molar-refractivity contribution in [2.24, 2.45) is 0 Å². The molecule has 0 aromatic carbocycles. The van der Waals surface area contributed by atoms with Gasteiger partial charge in [0.25, 0.3) is 5.91 Å². The van der Waals surface area contributed by atoms with Gasteiger partial charge in [-0.3, -0.25) is 4.79 Å². The van der Waals surface area contributed by atoms with Gasteiger partial charge in [-0.1, -0.05) is 11.6 Å². The second kappa shape index (κ2) is 5.26. The molecule has 0 bridgehead atoms. The first-order valence-corrected chi connectivity index (χ1v) is 7.97. The van der Waals surface area contributed by atoms with E-state index in [-0.39, 0.29) is 5.91 Å². The zero-order valence-corrected chi connectivity index (χ0v) is 12.7. The topological polar surface area (TPSA) is 64.2 Å². The van der Waals surface area contributed by atoms with E-state index in [1.54, 1.807) is 11.9 Å². The number of nitrogens with zero attached hydrogens (tertiary/aromatic N) is 4. The molecule has 2 aromatic rings. The number of rotatable bonds is 5. The third-order valence-corrected chi connectivity index (χ3v) is 4.60. The normalized spacial score (nSPS) is 18.2. The van der Waals surface area contributed by atoms with E-state index >= 15 is 0 Å². The first kappa shape index (κ1) is 13.5. The minimum atomic E-state index is 0.00638. The molecule has 22 heavy (non-hydrogen) atoms. The molecule has 2 heterocycles. The van der Waals surface area contributed by atoms with E-state index in [9.17, 15) is 4.79 Å². The molecule has 2 aliphatic carbocycles. The molecule has 116 valence electrons. The van der Waals surface area contributed by atoms with E-state index in [0.717, 1.165) is 37.3 Å². The molecule has 0 N–H and O–H groups in total. The van der Waals surface area contributed by atoms with Crippen LogP contribution < -0.4 is 0 Å². The molecule has 0 saturated heterocycles. The minimum Gasteiger partial charge on any atom is -0.340 e. The average molecular weight is 300 g/mol. The van der Waals surface area contributed by atoms with Gasteiger partial charge in [-0.2, -0.15) is 4.98 Å². The van der Waals surface area contributed by atoms with Crippen molar-refractivity contribution in [2.45, 2.75) is 50.6 Å². The van der Waals surface area contributed by atoms with Crippen molar-refractivity contribution in [3.63, 3.8) is 0 Å². The summed E-state index contributed by atoms with van der Waals surface area (Å²) in [5.74, 6) is 1.74. The molecule has 0 atom stereocenters. The first-order valence-electron chi connectivity index (χ1n) is 7.97. The van der Waals surface area contributed by atoms with Gasteiger partial charge in [-0.25, -0.2) is 0 Å². The van der Waals surface area contributed by atoms with Crippen LogP contribution >= 0.6 is 0 Å². The molecule has 0 radical (unpaired) electrons. The van der Waals surface area contributed by atoms with Crippen molar-refractivity contribution in [1.82, 2.24) is 19.6 Å². The van der Waals surface area contributed by atoms with Crippen LogP contribution in [0.25, 0.3) is 0 Å². The number of carbonyl (C=O) groups is 1. The highest BCUT2D eigenvalue weighted by atomic mass is 16.5. The summed E-state index contributed by atoms with van der Waals surface area (Å²) < 4.78 is 7.39. The number of carbonyl (C=O) groups excluding carboxylic acids is 1. The van der Waals surface area contributed by atoms with Gasteiger partial charge in [0.15, 0.2) is 5.82 Å². The van der Waals surface area contributed by atoms with Crippen molar-refractivity contribution < 1.29 is 9.32 Å². The summed E-state index contributed by atoms with van der Waals surface area (Å²) in [6, 6.07) is 4.31. The van der Waals surface area contributed by atoms with E-state index in [1.165, 1.54) is 6.42 Å². The molecule has 6 nitrogen and oxygen atoms in total. The van der Waals surface area contributed by atoms with Gasteiger partial charge < -0.3 is 14.0 Å². The predicted octanol–water partition coefficient (Wildman–Crippen LogP) is 2.75. The maximum absolute atomic E-state index is 12.6. The van der Waals surface area contributed by atoms with Gasteiger partial charge >= 0.3 is 0 Å². The van der Waals surface area contributed by atoms with Crippen LogP contribution in [0.3, 0.4) is 0 Å². The maximum atomic E-state index is 12.6. The molecule has 4 rings (SSSR count). The summed E-state index contributed by atoms with van der Waals surface area (Å²) in [7, 11) is 1.78. The Morgan fingerprint density at radius 1 is 1.41 bits per heavy atom. The van der Waals surface area contributed by atoms with Crippen LogP contribution in [-0.2, 0) is 6.54 Å². The second-order valence-corrected chi connectivity index (χ2v) is 6.37. The lowest BCUT2D eigenvalue weighted by Gasteiger charge is -2.20. The fourth-order valence-corrected chi connectivity index (χ4v) is 2.88. The van der Waals surface area contributed by atoms with Crippen LogP contribution in [-0.4, -0.2) is 32.6 Å². The molecule has 1 amide bonds. The molecule has 0 aliphatic heterocycles. The highest BCUT2D eigenvalue weighted by Crippen LogP contribution is 2.36. The number of hydrogen-bond donors (Lipinski definition) is 0. The van der Waals surface area contributed by atoms with Gasteiger partial charge in [0.05, 0.1) is 6.54 Å². The Balaban J connectivity index is 1.44. The molecular formula is C16H20N4O2. The monoisotopic (exact) mass is 300 g/mol. The van der Waals surface area contributed by atoms with E-state index < -0.39 is 0 Å². The Hall–Kier alpha value is -2.11. The summed E-state index contributed by atoms with van der Waals surface area (Å²) in [6.07, 6.45) is 7.81. The SMILES string of the molecule is CN(Cc1noc(C2CCC2)n1)C(=O)c1cccn1C1CC1. The zero-order chi connectivity index (χ0) is 15.1. The fraction of sp³-hybridized carbons (Fsp3) is 0.562. The predicted molar refractivity (Wildman–Crippen MR) is 79.4 cm³/mol. The zero-order valence-electron chi connectivity index (χ0n) is 12.7. The van der Waals surface area contributed by atoms with Crippen LogP contribution in [0.2, 0.25) is 0 Å². The van der Waals surface area contributed by atoms with Crippen LogP contribution in [0.15, 0.2) is 22.9 Å². The summed E-state index contributed by atoms with van der Waals surface area (Å²) in [5.41, 5.74) is 0.743. The number of amides is 1. The maximum Gasteiger partial charge on any atom is 0.270 e. The van der Waals surface area contributed by atoms with Gasteiger partial charge in [-0.15, -0.1) is 0 Å². The van der Waals surface area contributed by atoms with Gasteiger partial charge in [0.1, 0.15) is 5.69 Å². The van der Waals surface area contributed by atoms with Crippen molar-refractivity contribution in [2.75, 3.05) is 7.05 Å². The standard InChI is InChI=1S/C16H20N4O2/c1-19(10-14-17-15(22-18-14)11-4-2-5-11)16(21)13-6-3-9-20(13)12-7-8-12/h3,6,9,11-12H,2,4-5,7-8,10H2,1H3. The van der Waals surface area contributed by atoms with E-state index in [0.29, 0.717) is 24.3 Å². The highest BCUT2D eigenvalue weighted by molar-refractivity contribution is 5.92. The molecule has 0 unspecified atom stereocenters. The van der Waals surface area contributed by atoms with Crippen LogP contribution in [0.4, 0.5) is 0 Å². The summed E-state index contributed by atoms with van der Waals surface area (Å²) in [6.45, 7) is 0.380. The van der Waals surface area contributed by atoms with Crippen LogP contribution in [0, 0.1) is 0 Å². The fourth-order valence-electron chi connectivity index (χ4n) is 2.88. The van der Waals surface area contributed by atoms with Crippen molar-refractivity contribution in [3.8, 4) is 0 Å². The molecule has 2 aliphatic rings. The van der Waals surface area contributed by atoms with Crippen LogP contribution in [0.1, 0.15) is 66.3 Å². The molecule has 2 fully saturated rings. The van der Waals surface area contributed by atoms with Crippen molar-refractivity contribution >= 4 is 5.91 Å². The van der Waals surface area contributed by atoms with Gasteiger partial charge in [-0.05, 0) is 37.8 Å². The Morgan fingerprint density at radius 2 is 2.23 bits per heavy atom. The third kappa shape index (κ3) is 2.42. The summed E-state index contributed by atoms with van der Waals surface area (Å²) >= 11 is 0. The lowest BCUT2D eigenvalue weighted by atomic mass is 9.85. The molecule has 0 spiro atoms. The lowest BCUT2D eigenvalue weighted by Crippen LogP contribution is -2.28. The van der Waals surface area contributed by atoms with Crippen LogP contribution in [0.5, 0.6) is 0 Å². The van der Waals surface area contributed by atoms with Gasteiger partial charge in [0.2, 0.25) is 5.89 Å². The third-order valence-electron chi connectivity index (χ3n) is 4.60. The van der Waals surface area contributed by atoms with E-state index in [4.69, 9.17) is 4.52 Å². The first-order chi connectivity index (χ1) is 10.7.